The lowest BCUT2D eigenvalue weighted by molar-refractivity contribution is -0.0674. The van der Waals surface area contributed by atoms with E-state index in [-0.39, 0.29) is 11.9 Å². The van der Waals surface area contributed by atoms with Crippen LogP contribution in [0.15, 0.2) is 30.2 Å². The fourth-order valence-electron chi connectivity index (χ4n) is 3.99. The Bertz CT molecular complexity index is 654. The Labute approximate surface area is 162 Å². The molecule has 0 aromatic heterocycles. The maximum absolute atomic E-state index is 9.84. The topological polar surface area (TPSA) is 57.2 Å². The zero-order valence-electron chi connectivity index (χ0n) is 16.8. The third-order valence-electron chi connectivity index (χ3n) is 5.54. The first-order valence-corrected chi connectivity index (χ1v) is 10.1. The van der Waals surface area contributed by atoms with Gasteiger partial charge in [0, 0.05) is 5.56 Å². The van der Waals surface area contributed by atoms with Crippen molar-refractivity contribution in [2.75, 3.05) is 13.2 Å². The zero-order chi connectivity index (χ0) is 19.4. The first-order valence-electron chi connectivity index (χ1n) is 10.1. The Hall–Kier alpha value is -1.88. The summed E-state index contributed by atoms with van der Waals surface area (Å²) in [6, 6.07) is 5.12. The van der Waals surface area contributed by atoms with Gasteiger partial charge in [0.15, 0.2) is 17.3 Å². The number of rotatable bonds is 7. The van der Waals surface area contributed by atoms with Gasteiger partial charge in [-0.25, -0.2) is 0 Å². The summed E-state index contributed by atoms with van der Waals surface area (Å²) >= 11 is 0. The molecule has 1 aliphatic heterocycles. The van der Waals surface area contributed by atoms with Crippen molar-refractivity contribution in [1.29, 1.82) is 0 Å². The summed E-state index contributed by atoms with van der Waals surface area (Å²) in [6.45, 7) is 9.65. The molecule has 1 aromatic carbocycles. The molecule has 1 saturated carbocycles. The number of hydrogen-bond acceptors (Lipinski definition) is 5. The second kappa shape index (κ2) is 8.87. The minimum Gasteiger partial charge on any atom is -0.504 e. The molecule has 1 aliphatic carbocycles. The van der Waals surface area contributed by atoms with Crippen LogP contribution in [0.1, 0.15) is 58.8 Å². The molecule has 3 rings (SSSR count). The van der Waals surface area contributed by atoms with Gasteiger partial charge in [-0.1, -0.05) is 27.2 Å². The Morgan fingerprint density at radius 3 is 2.81 bits per heavy atom. The highest BCUT2D eigenvalue weighted by Gasteiger charge is 2.32. The summed E-state index contributed by atoms with van der Waals surface area (Å²) in [5.74, 6) is 3.18. The Balaban J connectivity index is 1.56. The number of hydrogen-bond donors (Lipinski definition) is 1. The molecule has 1 aromatic rings. The number of aromatic hydroxyl groups is 1. The number of benzene rings is 1. The third kappa shape index (κ3) is 4.89. The lowest BCUT2D eigenvalue weighted by Gasteiger charge is -2.37. The van der Waals surface area contributed by atoms with E-state index in [0.29, 0.717) is 42.5 Å². The molecule has 1 heterocycles. The zero-order valence-corrected chi connectivity index (χ0v) is 16.8. The van der Waals surface area contributed by atoms with Crippen LogP contribution in [-0.4, -0.2) is 24.4 Å². The molecule has 0 saturated heterocycles. The van der Waals surface area contributed by atoms with Crippen molar-refractivity contribution in [1.82, 2.24) is 0 Å². The van der Waals surface area contributed by atoms with E-state index in [1.165, 1.54) is 12.8 Å². The molecule has 0 amide bonds. The van der Waals surface area contributed by atoms with E-state index in [1.807, 2.05) is 6.92 Å². The summed E-state index contributed by atoms with van der Waals surface area (Å²) in [6.07, 6.45) is 5.00. The van der Waals surface area contributed by atoms with Gasteiger partial charge < -0.3 is 24.1 Å². The van der Waals surface area contributed by atoms with Gasteiger partial charge in [-0.05, 0) is 55.7 Å². The van der Waals surface area contributed by atoms with Crippen molar-refractivity contribution in [3.05, 3.63) is 35.8 Å². The summed E-state index contributed by atoms with van der Waals surface area (Å²) in [5.41, 5.74) is 0.800. The summed E-state index contributed by atoms with van der Waals surface area (Å²) in [5, 5.41) is 9.84. The van der Waals surface area contributed by atoms with Crippen LogP contribution in [0.25, 0.3) is 0 Å². The molecule has 0 radical (unpaired) electrons. The normalized spacial score (nSPS) is 27.8. The predicted molar refractivity (Wildman–Crippen MR) is 103 cm³/mol. The predicted octanol–water partition coefficient (Wildman–Crippen LogP) is 5.16. The molecular weight excluding hydrogens is 344 g/mol. The van der Waals surface area contributed by atoms with Gasteiger partial charge in [0.25, 0.3) is 6.29 Å². The number of phenolic OH excluding ortho intramolecular Hbond substituents is 1. The Morgan fingerprint density at radius 2 is 2.07 bits per heavy atom. The Kier molecular flexibility index (Phi) is 6.53. The molecule has 5 nitrogen and oxygen atoms in total. The van der Waals surface area contributed by atoms with Crippen molar-refractivity contribution in [2.45, 2.75) is 59.4 Å². The van der Waals surface area contributed by atoms with Crippen molar-refractivity contribution in [2.24, 2.45) is 17.8 Å². The average Bonchev–Trinajstić information content (AvgIpc) is 3.11. The van der Waals surface area contributed by atoms with Crippen LogP contribution in [0, 0.1) is 17.8 Å². The lowest BCUT2D eigenvalue weighted by Crippen LogP contribution is -2.34. The quantitative estimate of drug-likeness (QED) is 0.713. The highest BCUT2D eigenvalue weighted by atomic mass is 16.7. The van der Waals surface area contributed by atoms with Crippen LogP contribution in [0.2, 0.25) is 0 Å². The smallest absolute Gasteiger partial charge is 0.266 e. The van der Waals surface area contributed by atoms with E-state index < -0.39 is 6.29 Å². The van der Waals surface area contributed by atoms with Gasteiger partial charge in [-0.3, -0.25) is 0 Å². The standard InChI is InChI=1S/C22H32O5/c1-5-24-21-11-16(7-9-19(21)23)22-26-13-17(27-22)12-25-20-10-15(4)6-8-18(20)14(2)3/h7,9,11,13-15,18,20,22-23H,5-6,8,10,12H2,1-4H3. The van der Waals surface area contributed by atoms with Crippen LogP contribution in [-0.2, 0) is 14.2 Å². The third-order valence-corrected chi connectivity index (χ3v) is 5.54. The molecule has 27 heavy (non-hydrogen) atoms. The maximum Gasteiger partial charge on any atom is 0.266 e. The molecule has 4 unspecified atom stereocenters. The van der Waals surface area contributed by atoms with E-state index in [9.17, 15) is 5.11 Å². The van der Waals surface area contributed by atoms with Gasteiger partial charge in [0.2, 0.25) is 0 Å². The van der Waals surface area contributed by atoms with E-state index >= 15 is 0 Å². The molecule has 150 valence electrons. The van der Waals surface area contributed by atoms with E-state index in [2.05, 4.69) is 20.8 Å². The van der Waals surface area contributed by atoms with Gasteiger partial charge in [-0.15, -0.1) is 0 Å². The van der Waals surface area contributed by atoms with Crippen molar-refractivity contribution in [3.63, 3.8) is 0 Å². The first kappa shape index (κ1) is 19.9. The van der Waals surface area contributed by atoms with Crippen molar-refractivity contribution >= 4 is 0 Å². The molecule has 1 fully saturated rings. The monoisotopic (exact) mass is 376 g/mol. The maximum atomic E-state index is 9.84. The van der Waals surface area contributed by atoms with Gasteiger partial charge >= 0.3 is 0 Å². The molecule has 4 atom stereocenters. The largest absolute Gasteiger partial charge is 0.504 e. The highest BCUT2D eigenvalue weighted by Crippen LogP contribution is 2.37. The molecular formula is C22H32O5. The summed E-state index contributed by atoms with van der Waals surface area (Å²) < 4.78 is 23.2. The lowest BCUT2D eigenvalue weighted by atomic mass is 9.75. The van der Waals surface area contributed by atoms with Gasteiger partial charge in [0.1, 0.15) is 12.9 Å². The minimum absolute atomic E-state index is 0.112. The van der Waals surface area contributed by atoms with Gasteiger partial charge in [-0.2, -0.15) is 0 Å². The SMILES string of the molecule is CCOc1cc(C2OC=C(COC3CC(C)CCC3C(C)C)O2)ccc1O. The number of phenols is 1. The highest BCUT2D eigenvalue weighted by molar-refractivity contribution is 5.42. The van der Waals surface area contributed by atoms with Crippen LogP contribution >= 0.6 is 0 Å². The molecule has 5 heteroatoms. The average molecular weight is 376 g/mol. The Morgan fingerprint density at radius 1 is 1.26 bits per heavy atom. The van der Waals surface area contributed by atoms with Gasteiger partial charge in [0.05, 0.1) is 12.7 Å². The van der Waals surface area contributed by atoms with E-state index in [0.717, 1.165) is 12.0 Å². The van der Waals surface area contributed by atoms with E-state index in [1.54, 1.807) is 24.5 Å². The molecule has 2 aliphatic rings. The molecule has 0 spiro atoms. The van der Waals surface area contributed by atoms with Crippen molar-refractivity contribution < 1.29 is 24.1 Å². The second-order valence-electron chi connectivity index (χ2n) is 8.01. The second-order valence-corrected chi connectivity index (χ2v) is 8.01. The van der Waals surface area contributed by atoms with Crippen molar-refractivity contribution in [3.8, 4) is 11.5 Å². The first-order chi connectivity index (χ1) is 13.0. The van der Waals surface area contributed by atoms with Crippen LogP contribution in [0.5, 0.6) is 11.5 Å². The van der Waals surface area contributed by atoms with E-state index in [4.69, 9.17) is 18.9 Å². The molecule has 0 bridgehead atoms. The van der Waals surface area contributed by atoms with Crippen LogP contribution in [0.3, 0.4) is 0 Å². The van der Waals surface area contributed by atoms with Crippen LogP contribution in [0.4, 0.5) is 0 Å². The summed E-state index contributed by atoms with van der Waals surface area (Å²) in [7, 11) is 0. The number of ether oxygens (including phenoxy) is 4. The van der Waals surface area contributed by atoms with Crippen LogP contribution < -0.4 is 4.74 Å². The summed E-state index contributed by atoms with van der Waals surface area (Å²) in [4.78, 5) is 0. The minimum atomic E-state index is -0.533. The fourth-order valence-corrected chi connectivity index (χ4v) is 3.99. The fraction of sp³-hybridized carbons (Fsp3) is 0.636. The molecule has 1 N–H and O–H groups in total.